The quantitative estimate of drug-likeness (QED) is 0.843. The number of benzene rings is 2. The van der Waals surface area contributed by atoms with E-state index in [0.717, 1.165) is 17.8 Å². The normalized spacial score (nSPS) is 29.4. The van der Waals surface area contributed by atoms with E-state index in [1.165, 1.54) is 40.1 Å². The van der Waals surface area contributed by atoms with E-state index in [-0.39, 0.29) is 0 Å². The molecule has 2 aliphatic carbocycles. The van der Waals surface area contributed by atoms with Crippen LogP contribution in [0.2, 0.25) is 0 Å². The van der Waals surface area contributed by atoms with Crippen molar-refractivity contribution in [1.29, 1.82) is 0 Å². The van der Waals surface area contributed by atoms with Crippen molar-refractivity contribution in [3.05, 3.63) is 46.4 Å². The number of hydrogen-bond acceptors (Lipinski definition) is 1. The van der Waals surface area contributed by atoms with Crippen LogP contribution in [-0.2, 0) is 0 Å². The molecule has 1 N–H and O–H groups in total. The van der Waals surface area contributed by atoms with E-state index in [1.54, 1.807) is 0 Å². The summed E-state index contributed by atoms with van der Waals surface area (Å²) < 4.78 is 1.20. The summed E-state index contributed by atoms with van der Waals surface area (Å²) in [7, 11) is 2.12. The van der Waals surface area contributed by atoms with Gasteiger partial charge in [0.15, 0.2) is 0 Å². The number of nitrogens with one attached hydrogen (secondary N) is 1. The van der Waals surface area contributed by atoms with Gasteiger partial charge < -0.3 is 5.32 Å². The fourth-order valence-electron chi connectivity index (χ4n) is 4.48. The molecule has 4 rings (SSSR count). The lowest BCUT2D eigenvalue weighted by Crippen LogP contribution is -2.21. The molecule has 0 heterocycles. The van der Waals surface area contributed by atoms with E-state index in [4.69, 9.17) is 0 Å². The first-order valence-electron chi connectivity index (χ1n) is 7.65. The van der Waals surface area contributed by atoms with Gasteiger partial charge in [0.25, 0.3) is 0 Å². The Hall–Kier alpha value is -0.860. The third-order valence-corrected chi connectivity index (χ3v) is 6.10. The molecule has 0 spiro atoms. The molecular formula is C18H20BrN. The predicted molar refractivity (Wildman–Crippen MR) is 87.8 cm³/mol. The molecule has 0 saturated heterocycles. The van der Waals surface area contributed by atoms with Crippen molar-refractivity contribution in [1.82, 2.24) is 5.32 Å². The maximum Gasteiger partial charge on any atom is 0.0357 e. The van der Waals surface area contributed by atoms with Gasteiger partial charge in [0.1, 0.15) is 0 Å². The van der Waals surface area contributed by atoms with Crippen molar-refractivity contribution in [2.75, 3.05) is 7.05 Å². The fraction of sp³-hybridized carbons (Fsp3) is 0.444. The zero-order chi connectivity index (χ0) is 13.7. The van der Waals surface area contributed by atoms with E-state index in [2.05, 4.69) is 64.7 Å². The van der Waals surface area contributed by atoms with Crippen LogP contribution < -0.4 is 5.32 Å². The SMILES string of the molecule is CNC(c1ccc(Br)c2ccccc12)C1C2CCCC21. The van der Waals surface area contributed by atoms with Gasteiger partial charge in [-0.25, -0.2) is 0 Å². The summed E-state index contributed by atoms with van der Waals surface area (Å²) in [6.45, 7) is 0. The fourth-order valence-corrected chi connectivity index (χ4v) is 4.96. The van der Waals surface area contributed by atoms with Crippen LogP contribution >= 0.6 is 15.9 Å². The van der Waals surface area contributed by atoms with Crippen LogP contribution in [0.15, 0.2) is 40.9 Å². The zero-order valence-electron chi connectivity index (χ0n) is 11.8. The van der Waals surface area contributed by atoms with E-state index in [1.807, 2.05) is 0 Å². The van der Waals surface area contributed by atoms with E-state index < -0.39 is 0 Å². The van der Waals surface area contributed by atoms with Gasteiger partial charge in [-0.05, 0) is 60.0 Å². The number of rotatable bonds is 3. The monoisotopic (exact) mass is 329 g/mol. The summed E-state index contributed by atoms with van der Waals surface area (Å²) in [4.78, 5) is 0. The predicted octanol–water partition coefficient (Wildman–Crippen LogP) is 4.91. The minimum absolute atomic E-state index is 0.517. The molecule has 0 radical (unpaired) electrons. The van der Waals surface area contributed by atoms with Gasteiger partial charge in [-0.3, -0.25) is 0 Å². The van der Waals surface area contributed by atoms with Crippen LogP contribution in [0.25, 0.3) is 10.8 Å². The highest BCUT2D eigenvalue weighted by Crippen LogP contribution is 2.62. The Bertz CT molecular complexity index is 641. The zero-order valence-corrected chi connectivity index (χ0v) is 13.4. The minimum atomic E-state index is 0.517. The molecule has 0 amide bonds. The Morgan fingerprint density at radius 2 is 1.75 bits per heavy atom. The van der Waals surface area contributed by atoms with Crippen LogP contribution in [0.4, 0.5) is 0 Å². The van der Waals surface area contributed by atoms with Crippen molar-refractivity contribution in [2.24, 2.45) is 17.8 Å². The highest BCUT2D eigenvalue weighted by molar-refractivity contribution is 9.10. The molecule has 2 aliphatic rings. The Balaban J connectivity index is 1.79. The third-order valence-electron chi connectivity index (χ3n) is 5.41. The van der Waals surface area contributed by atoms with E-state index >= 15 is 0 Å². The Morgan fingerprint density at radius 1 is 1.05 bits per heavy atom. The summed E-state index contributed by atoms with van der Waals surface area (Å²) >= 11 is 3.68. The Labute approximate surface area is 128 Å². The summed E-state index contributed by atoms with van der Waals surface area (Å²) in [5.41, 5.74) is 1.48. The topological polar surface area (TPSA) is 12.0 Å². The molecule has 2 fully saturated rings. The van der Waals surface area contributed by atoms with Gasteiger partial charge in [0, 0.05) is 10.5 Å². The molecule has 0 aromatic heterocycles. The standard InChI is InChI=1S/C18H20BrN/c1-20-18(17-13-7-4-8-14(13)17)15-9-10-16(19)12-6-3-2-5-11(12)15/h2-3,5-6,9-10,13-14,17-18,20H,4,7-8H2,1H3. The van der Waals surface area contributed by atoms with Gasteiger partial charge in [0.2, 0.25) is 0 Å². The maximum atomic E-state index is 3.68. The lowest BCUT2D eigenvalue weighted by molar-refractivity contribution is 0.447. The summed E-state index contributed by atoms with van der Waals surface area (Å²) in [5.74, 6) is 2.82. The first-order chi connectivity index (χ1) is 9.81. The second-order valence-electron chi connectivity index (χ2n) is 6.28. The van der Waals surface area contributed by atoms with Gasteiger partial charge in [0.05, 0.1) is 0 Å². The Morgan fingerprint density at radius 3 is 2.45 bits per heavy atom. The second-order valence-corrected chi connectivity index (χ2v) is 7.14. The number of fused-ring (bicyclic) bond motifs is 2. The summed E-state index contributed by atoms with van der Waals surface area (Å²) in [6, 6.07) is 13.8. The molecule has 2 aromatic rings. The van der Waals surface area contributed by atoms with Crippen molar-refractivity contribution in [2.45, 2.75) is 25.3 Å². The molecule has 20 heavy (non-hydrogen) atoms. The first-order valence-corrected chi connectivity index (χ1v) is 8.45. The van der Waals surface area contributed by atoms with Crippen molar-refractivity contribution in [3.8, 4) is 0 Å². The van der Waals surface area contributed by atoms with Crippen LogP contribution in [0.1, 0.15) is 30.9 Å². The van der Waals surface area contributed by atoms with Gasteiger partial charge in [-0.15, -0.1) is 0 Å². The molecule has 0 bridgehead atoms. The summed E-state index contributed by atoms with van der Waals surface area (Å²) in [5, 5.41) is 6.33. The molecule has 3 unspecified atom stereocenters. The molecule has 2 aromatic carbocycles. The second kappa shape index (κ2) is 4.85. The van der Waals surface area contributed by atoms with Gasteiger partial charge in [-0.1, -0.05) is 52.7 Å². The largest absolute Gasteiger partial charge is 0.313 e. The van der Waals surface area contributed by atoms with E-state index in [9.17, 15) is 0 Å². The lowest BCUT2D eigenvalue weighted by Gasteiger charge is -2.21. The van der Waals surface area contributed by atoms with Crippen molar-refractivity contribution < 1.29 is 0 Å². The lowest BCUT2D eigenvalue weighted by atomic mass is 9.92. The summed E-state index contributed by atoms with van der Waals surface area (Å²) in [6.07, 6.45) is 4.34. The molecule has 104 valence electrons. The van der Waals surface area contributed by atoms with Crippen LogP contribution in [-0.4, -0.2) is 7.05 Å². The first kappa shape index (κ1) is 12.8. The van der Waals surface area contributed by atoms with Crippen molar-refractivity contribution >= 4 is 26.7 Å². The average molecular weight is 330 g/mol. The average Bonchev–Trinajstić information content (AvgIpc) is 2.94. The van der Waals surface area contributed by atoms with Crippen LogP contribution in [0, 0.1) is 17.8 Å². The number of hydrogen-bond donors (Lipinski definition) is 1. The third kappa shape index (κ3) is 1.85. The van der Waals surface area contributed by atoms with E-state index in [0.29, 0.717) is 6.04 Å². The molecule has 2 heteroatoms. The Kier molecular flexibility index (Phi) is 3.12. The smallest absolute Gasteiger partial charge is 0.0357 e. The van der Waals surface area contributed by atoms with Crippen molar-refractivity contribution in [3.63, 3.8) is 0 Å². The highest BCUT2D eigenvalue weighted by atomic mass is 79.9. The molecular weight excluding hydrogens is 310 g/mol. The minimum Gasteiger partial charge on any atom is -0.313 e. The van der Waals surface area contributed by atoms with Gasteiger partial charge in [-0.2, -0.15) is 0 Å². The molecule has 2 saturated carbocycles. The molecule has 3 atom stereocenters. The van der Waals surface area contributed by atoms with Gasteiger partial charge >= 0.3 is 0 Å². The number of halogens is 1. The van der Waals surface area contributed by atoms with Crippen LogP contribution in [0.5, 0.6) is 0 Å². The van der Waals surface area contributed by atoms with Crippen LogP contribution in [0.3, 0.4) is 0 Å². The highest BCUT2D eigenvalue weighted by Gasteiger charge is 2.55. The molecule has 1 nitrogen and oxygen atoms in total. The molecule has 0 aliphatic heterocycles. The maximum absolute atomic E-state index is 3.68.